The van der Waals surface area contributed by atoms with Crippen LogP contribution in [0, 0.1) is 0 Å². The Kier molecular flexibility index (Phi) is 3.23. The minimum Gasteiger partial charge on any atom is -0.212 e. The number of rotatable bonds is 4. The van der Waals surface area contributed by atoms with Crippen LogP contribution in [-0.2, 0) is 15.6 Å². The summed E-state index contributed by atoms with van der Waals surface area (Å²) in [4.78, 5) is 0. The minimum atomic E-state index is -3.23. The first-order chi connectivity index (χ1) is 7.86. The van der Waals surface area contributed by atoms with Gasteiger partial charge in [-0.15, -0.1) is 0 Å². The SMILES string of the molecule is CC(C)S(=O)(=O)NC1(c2ccc(Cl)cc2)CC1. The zero-order valence-corrected chi connectivity index (χ0v) is 11.5. The van der Waals surface area contributed by atoms with Gasteiger partial charge in [-0.05, 0) is 44.4 Å². The van der Waals surface area contributed by atoms with Gasteiger partial charge in [0, 0.05) is 5.02 Å². The summed E-state index contributed by atoms with van der Waals surface area (Å²) in [6.07, 6.45) is 1.70. The predicted octanol–water partition coefficient (Wildman–Crippen LogP) is 2.66. The van der Waals surface area contributed by atoms with Crippen molar-refractivity contribution in [2.45, 2.75) is 37.5 Å². The van der Waals surface area contributed by atoms with Crippen molar-refractivity contribution in [3.63, 3.8) is 0 Å². The van der Waals surface area contributed by atoms with Gasteiger partial charge in [0.05, 0.1) is 10.8 Å². The van der Waals surface area contributed by atoms with Crippen LogP contribution in [0.5, 0.6) is 0 Å². The molecule has 0 amide bonds. The largest absolute Gasteiger partial charge is 0.214 e. The average Bonchev–Trinajstić information content (AvgIpc) is 2.98. The van der Waals surface area contributed by atoms with Crippen molar-refractivity contribution in [3.05, 3.63) is 34.9 Å². The van der Waals surface area contributed by atoms with Crippen molar-refractivity contribution in [1.29, 1.82) is 0 Å². The van der Waals surface area contributed by atoms with Crippen LogP contribution in [-0.4, -0.2) is 13.7 Å². The maximum atomic E-state index is 11.9. The van der Waals surface area contributed by atoms with Crippen molar-refractivity contribution in [2.75, 3.05) is 0 Å². The molecular formula is C12H16ClNO2S. The minimum absolute atomic E-state index is 0.395. The molecule has 0 saturated heterocycles. The molecule has 17 heavy (non-hydrogen) atoms. The molecule has 1 aliphatic carbocycles. The molecule has 3 nitrogen and oxygen atoms in total. The fourth-order valence-electron chi connectivity index (χ4n) is 1.73. The molecule has 1 saturated carbocycles. The molecule has 94 valence electrons. The van der Waals surface area contributed by atoms with E-state index in [1.165, 1.54) is 0 Å². The summed E-state index contributed by atoms with van der Waals surface area (Å²) >= 11 is 5.83. The third-order valence-corrected chi connectivity index (χ3v) is 5.27. The molecule has 1 N–H and O–H groups in total. The average molecular weight is 274 g/mol. The highest BCUT2D eigenvalue weighted by Crippen LogP contribution is 2.46. The summed E-state index contributed by atoms with van der Waals surface area (Å²) in [6, 6.07) is 7.36. The summed E-state index contributed by atoms with van der Waals surface area (Å²) in [5.74, 6) is 0. The van der Waals surface area contributed by atoms with Gasteiger partial charge in [0.1, 0.15) is 0 Å². The lowest BCUT2D eigenvalue weighted by atomic mass is 10.1. The van der Waals surface area contributed by atoms with Gasteiger partial charge in [0.25, 0.3) is 0 Å². The van der Waals surface area contributed by atoms with Gasteiger partial charge in [-0.25, -0.2) is 13.1 Å². The Balaban J connectivity index is 2.24. The quantitative estimate of drug-likeness (QED) is 0.917. The summed E-state index contributed by atoms with van der Waals surface area (Å²) in [5, 5.41) is 0.253. The number of halogens is 1. The van der Waals surface area contributed by atoms with Gasteiger partial charge in [-0.2, -0.15) is 0 Å². The Morgan fingerprint density at radius 2 is 1.76 bits per heavy atom. The van der Waals surface area contributed by atoms with Crippen LogP contribution in [0.4, 0.5) is 0 Å². The molecule has 0 aromatic heterocycles. The van der Waals surface area contributed by atoms with E-state index in [9.17, 15) is 8.42 Å². The number of sulfonamides is 1. The maximum Gasteiger partial charge on any atom is 0.214 e. The van der Waals surface area contributed by atoms with Gasteiger partial charge in [0.2, 0.25) is 10.0 Å². The molecule has 2 rings (SSSR count). The summed E-state index contributed by atoms with van der Waals surface area (Å²) in [6.45, 7) is 3.36. The first kappa shape index (κ1) is 12.9. The molecule has 1 aromatic rings. The fraction of sp³-hybridized carbons (Fsp3) is 0.500. The molecule has 0 aliphatic heterocycles. The summed E-state index contributed by atoms with van der Waals surface area (Å²) < 4.78 is 26.6. The normalized spacial score (nSPS) is 18.4. The fourth-order valence-corrected chi connectivity index (χ4v) is 2.96. The van der Waals surface area contributed by atoms with E-state index in [4.69, 9.17) is 11.6 Å². The third-order valence-electron chi connectivity index (χ3n) is 3.11. The lowest BCUT2D eigenvalue weighted by Gasteiger charge is -2.19. The van der Waals surface area contributed by atoms with E-state index in [1.807, 2.05) is 12.1 Å². The Labute approximate surface area is 107 Å². The second-order valence-corrected chi connectivity index (χ2v) is 7.46. The van der Waals surface area contributed by atoms with Crippen LogP contribution >= 0.6 is 11.6 Å². The molecule has 0 unspecified atom stereocenters. The van der Waals surface area contributed by atoms with Crippen LogP contribution in [0.25, 0.3) is 0 Å². The van der Waals surface area contributed by atoms with Gasteiger partial charge in [0.15, 0.2) is 0 Å². The molecule has 1 aromatic carbocycles. The molecule has 0 radical (unpaired) electrons. The predicted molar refractivity (Wildman–Crippen MR) is 69.6 cm³/mol. The zero-order chi connectivity index (χ0) is 12.7. The van der Waals surface area contributed by atoms with Gasteiger partial charge >= 0.3 is 0 Å². The number of hydrogen-bond acceptors (Lipinski definition) is 2. The standard InChI is InChI=1S/C12H16ClNO2S/c1-9(2)17(15,16)14-12(7-8-12)10-3-5-11(13)6-4-10/h3-6,9,14H,7-8H2,1-2H3. The number of nitrogens with one attached hydrogen (secondary N) is 1. The van der Waals surface area contributed by atoms with Crippen molar-refractivity contribution in [1.82, 2.24) is 4.72 Å². The molecule has 1 fully saturated rings. The van der Waals surface area contributed by atoms with Crippen LogP contribution < -0.4 is 4.72 Å². The van der Waals surface area contributed by atoms with Crippen molar-refractivity contribution in [3.8, 4) is 0 Å². The first-order valence-electron chi connectivity index (χ1n) is 5.65. The Hall–Kier alpha value is -0.580. The van der Waals surface area contributed by atoms with E-state index >= 15 is 0 Å². The third kappa shape index (κ3) is 2.64. The van der Waals surface area contributed by atoms with Crippen LogP contribution in [0.2, 0.25) is 5.02 Å². The molecule has 0 atom stereocenters. The smallest absolute Gasteiger partial charge is 0.212 e. The highest BCUT2D eigenvalue weighted by molar-refractivity contribution is 7.90. The lowest BCUT2D eigenvalue weighted by Crippen LogP contribution is -2.39. The number of hydrogen-bond donors (Lipinski definition) is 1. The maximum absolute atomic E-state index is 11.9. The lowest BCUT2D eigenvalue weighted by molar-refractivity contribution is 0.543. The van der Waals surface area contributed by atoms with E-state index < -0.39 is 20.8 Å². The second-order valence-electron chi connectivity index (χ2n) is 4.78. The Morgan fingerprint density at radius 1 is 1.24 bits per heavy atom. The molecule has 1 aliphatic rings. The molecule has 0 spiro atoms. The van der Waals surface area contributed by atoms with E-state index in [-0.39, 0.29) is 0 Å². The van der Waals surface area contributed by atoms with E-state index in [0.717, 1.165) is 18.4 Å². The zero-order valence-electron chi connectivity index (χ0n) is 9.90. The van der Waals surface area contributed by atoms with Crippen molar-refractivity contribution in [2.24, 2.45) is 0 Å². The monoisotopic (exact) mass is 273 g/mol. The van der Waals surface area contributed by atoms with Crippen molar-refractivity contribution < 1.29 is 8.42 Å². The number of benzene rings is 1. The van der Waals surface area contributed by atoms with Gasteiger partial charge in [-0.3, -0.25) is 0 Å². The highest BCUT2D eigenvalue weighted by Gasteiger charge is 2.47. The van der Waals surface area contributed by atoms with Gasteiger partial charge < -0.3 is 0 Å². The summed E-state index contributed by atoms with van der Waals surface area (Å²) in [5.41, 5.74) is 0.597. The topological polar surface area (TPSA) is 46.2 Å². The summed E-state index contributed by atoms with van der Waals surface area (Å²) in [7, 11) is -3.23. The van der Waals surface area contributed by atoms with Crippen LogP contribution in [0.15, 0.2) is 24.3 Å². The molecular weight excluding hydrogens is 258 g/mol. The second kappa shape index (κ2) is 4.26. The van der Waals surface area contributed by atoms with E-state index in [2.05, 4.69) is 4.72 Å². The van der Waals surface area contributed by atoms with Gasteiger partial charge in [-0.1, -0.05) is 23.7 Å². The Bertz CT molecular complexity index is 504. The van der Waals surface area contributed by atoms with Crippen LogP contribution in [0.1, 0.15) is 32.3 Å². The van der Waals surface area contributed by atoms with E-state index in [0.29, 0.717) is 5.02 Å². The van der Waals surface area contributed by atoms with E-state index in [1.54, 1.807) is 26.0 Å². The molecule has 0 bridgehead atoms. The molecule has 0 heterocycles. The molecule has 5 heteroatoms. The van der Waals surface area contributed by atoms with Crippen molar-refractivity contribution >= 4 is 21.6 Å². The van der Waals surface area contributed by atoms with Crippen LogP contribution in [0.3, 0.4) is 0 Å². The highest BCUT2D eigenvalue weighted by atomic mass is 35.5. The Morgan fingerprint density at radius 3 is 2.18 bits per heavy atom. The first-order valence-corrected chi connectivity index (χ1v) is 7.57.